The molecule has 1 atom stereocenters. The third-order valence-electron chi connectivity index (χ3n) is 3.75. The van der Waals surface area contributed by atoms with Gasteiger partial charge in [0.25, 0.3) is 0 Å². The molecule has 0 fully saturated rings. The van der Waals surface area contributed by atoms with E-state index in [1.54, 1.807) is 0 Å². The summed E-state index contributed by atoms with van der Waals surface area (Å²) in [5.41, 5.74) is 2.80. The summed E-state index contributed by atoms with van der Waals surface area (Å²) in [4.78, 5) is 0. The third-order valence-corrected chi connectivity index (χ3v) is 3.75. The summed E-state index contributed by atoms with van der Waals surface area (Å²) >= 11 is 0. The molecule has 1 rings (SSSR count). The van der Waals surface area contributed by atoms with Crippen LogP contribution in [0.4, 0.5) is 0 Å². The fourth-order valence-electron chi connectivity index (χ4n) is 2.49. The molecule has 1 aromatic carbocycles. The van der Waals surface area contributed by atoms with E-state index in [9.17, 15) is 0 Å². The van der Waals surface area contributed by atoms with Gasteiger partial charge >= 0.3 is 0 Å². The van der Waals surface area contributed by atoms with Gasteiger partial charge in [0.1, 0.15) is 0 Å². The van der Waals surface area contributed by atoms with Crippen LogP contribution in [0.2, 0.25) is 0 Å². The number of unbranched alkanes of at least 4 members (excludes halogenated alkanes) is 3. The largest absolute Gasteiger partial charge is 0.314 e. The van der Waals surface area contributed by atoms with Gasteiger partial charge in [0.2, 0.25) is 0 Å². The van der Waals surface area contributed by atoms with Crippen molar-refractivity contribution in [2.75, 3.05) is 6.54 Å². The number of hydrogen-bond donors (Lipinski definition) is 1. The van der Waals surface area contributed by atoms with Gasteiger partial charge in [-0.2, -0.15) is 0 Å². The minimum atomic E-state index is 0.626. The van der Waals surface area contributed by atoms with Gasteiger partial charge in [0.05, 0.1) is 0 Å². The molecule has 20 heavy (non-hydrogen) atoms. The molecule has 0 radical (unpaired) electrons. The van der Waals surface area contributed by atoms with Gasteiger partial charge in [0, 0.05) is 6.04 Å². The van der Waals surface area contributed by atoms with Crippen molar-refractivity contribution in [1.29, 1.82) is 0 Å². The lowest BCUT2D eigenvalue weighted by molar-refractivity contribution is 0.454. The molecule has 1 unspecified atom stereocenters. The third kappa shape index (κ3) is 7.49. The van der Waals surface area contributed by atoms with Crippen molar-refractivity contribution in [3.8, 4) is 0 Å². The standard InChI is InChI=1S/C19H31N/c1-4-6-7-8-9-10-19(20-15-5-2)16-18-13-11-17(3)12-14-18/h4,11-14,19-20H,1,5-10,15-16H2,2-3H3. The monoisotopic (exact) mass is 273 g/mol. The average molecular weight is 273 g/mol. The minimum absolute atomic E-state index is 0.626. The SMILES string of the molecule is C=CCCCCCC(Cc1ccc(C)cc1)NCCC. The molecule has 0 aliphatic carbocycles. The molecule has 1 aromatic rings. The van der Waals surface area contributed by atoms with E-state index in [2.05, 4.69) is 50.0 Å². The first-order valence-corrected chi connectivity index (χ1v) is 8.16. The van der Waals surface area contributed by atoms with Crippen LogP contribution in [0.1, 0.15) is 56.6 Å². The number of nitrogens with one attached hydrogen (secondary N) is 1. The van der Waals surface area contributed by atoms with E-state index in [0.717, 1.165) is 19.4 Å². The van der Waals surface area contributed by atoms with Crippen LogP contribution in [0.3, 0.4) is 0 Å². The van der Waals surface area contributed by atoms with Gasteiger partial charge < -0.3 is 5.32 Å². The molecule has 0 aliphatic rings. The van der Waals surface area contributed by atoms with E-state index in [1.807, 2.05) is 6.08 Å². The first-order chi connectivity index (χ1) is 9.76. The zero-order chi connectivity index (χ0) is 14.6. The molecule has 0 heterocycles. The van der Waals surface area contributed by atoms with Crippen molar-refractivity contribution in [3.05, 3.63) is 48.0 Å². The van der Waals surface area contributed by atoms with Gasteiger partial charge in [-0.3, -0.25) is 0 Å². The smallest absolute Gasteiger partial charge is 0.0107 e. The fraction of sp³-hybridized carbons (Fsp3) is 0.579. The van der Waals surface area contributed by atoms with Crippen molar-refractivity contribution in [2.45, 2.75) is 64.8 Å². The Balaban J connectivity index is 2.38. The Hall–Kier alpha value is -1.08. The van der Waals surface area contributed by atoms with Crippen molar-refractivity contribution in [1.82, 2.24) is 5.32 Å². The van der Waals surface area contributed by atoms with Crippen LogP contribution in [-0.2, 0) is 6.42 Å². The molecule has 0 spiro atoms. The van der Waals surface area contributed by atoms with Crippen LogP contribution in [-0.4, -0.2) is 12.6 Å². The Labute approximate surface area is 125 Å². The Bertz CT molecular complexity index is 353. The predicted molar refractivity (Wildman–Crippen MR) is 90.2 cm³/mol. The molecular formula is C19H31N. The summed E-state index contributed by atoms with van der Waals surface area (Å²) in [6.45, 7) is 9.30. The zero-order valence-electron chi connectivity index (χ0n) is 13.3. The molecule has 1 nitrogen and oxygen atoms in total. The Morgan fingerprint density at radius 2 is 1.90 bits per heavy atom. The Morgan fingerprint density at radius 1 is 1.15 bits per heavy atom. The van der Waals surface area contributed by atoms with Crippen LogP contribution < -0.4 is 5.32 Å². The topological polar surface area (TPSA) is 12.0 Å². The van der Waals surface area contributed by atoms with Crippen molar-refractivity contribution in [2.24, 2.45) is 0 Å². The summed E-state index contributed by atoms with van der Waals surface area (Å²) < 4.78 is 0. The molecule has 0 amide bonds. The maximum atomic E-state index is 3.78. The minimum Gasteiger partial charge on any atom is -0.314 e. The maximum absolute atomic E-state index is 3.78. The highest BCUT2D eigenvalue weighted by atomic mass is 14.9. The van der Waals surface area contributed by atoms with Crippen LogP contribution in [0.5, 0.6) is 0 Å². The number of allylic oxidation sites excluding steroid dienone is 1. The number of aryl methyl sites for hydroxylation is 1. The molecule has 0 aliphatic heterocycles. The zero-order valence-corrected chi connectivity index (χ0v) is 13.3. The molecular weight excluding hydrogens is 242 g/mol. The summed E-state index contributed by atoms with van der Waals surface area (Å²) in [7, 11) is 0. The second-order valence-electron chi connectivity index (χ2n) is 5.77. The quantitative estimate of drug-likeness (QED) is 0.440. The van der Waals surface area contributed by atoms with Gasteiger partial charge in [-0.25, -0.2) is 0 Å². The predicted octanol–water partition coefficient (Wildman–Crippen LogP) is 5.04. The number of rotatable bonds is 11. The second kappa shape index (κ2) is 10.7. The van der Waals surface area contributed by atoms with Crippen molar-refractivity contribution in [3.63, 3.8) is 0 Å². The van der Waals surface area contributed by atoms with E-state index in [4.69, 9.17) is 0 Å². The Kier molecular flexibility index (Phi) is 9.06. The lowest BCUT2D eigenvalue weighted by Gasteiger charge is -2.18. The highest BCUT2D eigenvalue weighted by Crippen LogP contribution is 2.12. The first-order valence-electron chi connectivity index (χ1n) is 8.16. The van der Waals surface area contributed by atoms with Gasteiger partial charge in [-0.05, 0) is 51.1 Å². The molecule has 1 heteroatoms. The number of hydrogen-bond acceptors (Lipinski definition) is 1. The van der Waals surface area contributed by atoms with Crippen LogP contribution in [0.15, 0.2) is 36.9 Å². The normalized spacial score (nSPS) is 12.3. The average Bonchev–Trinajstić information content (AvgIpc) is 2.46. The number of benzene rings is 1. The summed E-state index contributed by atoms with van der Waals surface area (Å²) in [6.07, 6.45) is 10.8. The van der Waals surface area contributed by atoms with E-state index in [0.29, 0.717) is 6.04 Å². The molecule has 0 saturated carbocycles. The lowest BCUT2D eigenvalue weighted by atomic mass is 9.99. The van der Waals surface area contributed by atoms with Gasteiger partial charge in [0.15, 0.2) is 0 Å². The van der Waals surface area contributed by atoms with E-state index < -0.39 is 0 Å². The molecule has 0 saturated heterocycles. The molecule has 0 aromatic heterocycles. The maximum Gasteiger partial charge on any atom is 0.0107 e. The van der Waals surface area contributed by atoms with E-state index in [-0.39, 0.29) is 0 Å². The van der Waals surface area contributed by atoms with Gasteiger partial charge in [-0.1, -0.05) is 55.7 Å². The van der Waals surface area contributed by atoms with Crippen molar-refractivity contribution < 1.29 is 0 Å². The summed E-state index contributed by atoms with van der Waals surface area (Å²) in [6, 6.07) is 9.61. The summed E-state index contributed by atoms with van der Waals surface area (Å²) in [5.74, 6) is 0. The van der Waals surface area contributed by atoms with Crippen molar-refractivity contribution >= 4 is 0 Å². The van der Waals surface area contributed by atoms with Gasteiger partial charge in [-0.15, -0.1) is 6.58 Å². The van der Waals surface area contributed by atoms with E-state index in [1.165, 1.54) is 43.2 Å². The molecule has 0 bridgehead atoms. The second-order valence-corrected chi connectivity index (χ2v) is 5.77. The first kappa shape index (κ1) is 17.0. The lowest BCUT2D eigenvalue weighted by Crippen LogP contribution is -2.31. The summed E-state index contributed by atoms with van der Waals surface area (Å²) in [5, 5.41) is 3.70. The Morgan fingerprint density at radius 3 is 2.55 bits per heavy atom. The molecule has 1 N–H and O–H groups in total. The molecule has 112 valence electrons. The van der Waals surface area contributed by atoms with Crippen LogP contribution >= 0.6 is 0 Å². The van der Waals surface area contributed by atoms with Crippen LogP contribution in [0.25, 0.3) is 0 Å². The highest BCUT2D eigenvalue weighted by Gasteiger charge is 2.08. The van der Waals surface area contributed by atoms with Crippen LogP contribution in [0, 0.1) is 6.92 Å². The fourth-order valence-corrected chi connectivity index (χ4v) is 2.49. The highest BCUT2D eigenvalue weighted by molar-refractivity contribution is 5.22. The van der Waals surface area contributed by atoms with E-state index >= 15 is 0 Å².